The molecule has 1 aromatic carbocycles. The summed E-state index contributed by atoms with van der Waals surface area (Å²) < 4.78 is 27.2. The number of benzene rings is 1. The Morgan fingerprint density at radius 1 is 1.38 bits per heavy atom. The van der Waals surface area contributed by atoms with E-state index in [4.69, 9.17) is 0 Å². The average Bonchev–Trinajstić information content (AvgIpc) is 2.77. The van der Waals surface area contributed by atoms with Gasteiger partial charge in [0.15, 0.2) is 0 Å². The predicted molar refractivity (Wildman–Crippen MR) is 85.0 cm³/mol. The maximum absolute atomic E-state index is 13.8. The SMILES string of the molecule is Cc1[nH]c2c(F)cc(F)cc2c1CCNC1CCCSC1. The van der Waals surface area contributed by atoms with Crippen LogP contribution in [-0.4, -0.2) is 29.1 Å². The van der Waals surface area contributed by atoms with Crippen LogP contribution in [0.5, 0.6) is 0 Å². The molecule has 1 aliphatic rings. The largest absolute Gasteiger partial charge is 0.356 e. The summed E-state index contributed by atoms with van der Waals surface area (Å²) in [5.74, 6) is 1.39. The van der Waals surface area contributed by atoms with Crippen molar-refractivity contribution in [2.45, 2.75) is 32.2 Å². The summed E-state index contributed by atoms with van der Waals surface area (Å²) >= 11 is 1.99. The number of H-pyrrole nitrogens is 1. The minimum Gasteiger partial charge on any atom is -0.356 e. The third-order valence-corrected chi connectivity index (χ3v) is 5.33. The lowest BCUT2D eigenvalue weighted by molar-refractivity contribution is 0.511. The van der Waals surface area contributed by atoms with Gasteiger partial charge in [0, 0.05) is 28.9 Å². The van der Waals surface area contributed by atoms with E-state index >= 15 is 0 Å². The van der Waals surface area contributed by atoms with Gasteiger partial charge >= 0.3 is 0 Å². The zero-order chi connectivity index (χ0) is 14.8. The van der Waals surface area contributed by atoms with Crippen LogP contribution in [0.15, 0.2) is 12.1 Å². The van der Waals surface area contributed by atoms with Crippen LogP contribution in [0.4, 0.5) is 8.78 Å². The van der Waals surface area contributed by atoms with Gasteiger partial charge in [-0.2, -0.15) is 11.8 Å². The molecule has 5 heteroatoms. The Morgan fingerprint density at radius 3 is 3.00 bits per heavy atom. The second-order valence-electron chi connectivity index (χ2n) is 5.66. The smallest absolute Gasteiger partial charge is 0.150 e. The lowest BCUT2D eigenvalue weighted by Gasteiger charge is -2.22. The van der Waals surface area contributed by atoms with E-state index in [9.17, 15) is 8.78 Å². The first-order valence-corrected chi connectivity index (χ1v) is 8.58. The van der Waals surface area contributed by atoms with Crippen molar-refractivity contribution >= 4 is 22.7 Å². The van der Waals surface area contributed by atoms with Gasteiger partial charge in [-0.25, -0.2) is 8.78 Å². The van der Waals surface area contributed by atoms with Gasteiger partial charge in [-0.15, -0.1) is 0 Å². The van der Waals surface area contributed by atoms with Crippen molar-refractivity contribution in [3.63, 3.8) is 0 Å². The predicted octanol–water partition coefficient (Wildman–Crippen LogP) is 3.78. The quantitative estimate of drug-likeness (QED) is 0.899. The zero-order valence-corrected chi connectivity index (χ0v) is 13.0. The zero-order valence-electron chi connectivity index (χ0n) is 12.1. The highest BCUT2D eigenvalue weighted by atomic mass is 32.2. The number of hydrogen-bond donors (Lipinski definition) is 2. The summed E-state index contributed by atoms with van der Waals surface area (Å²) in [5, 5.41) is 4.23. The van der Waals surface area contributed by atoms with E-state index in [1.54, 1.807) is 0 Å². The molecule has 1 aliphatic heterocycles. The van der Waals surface area contributed by atoms with E-state index in [1.165, 1.54) is 24.7 Å². The topological polar surface area (TPSA) is 27.8 Å². The molecule has 2 N–H and O–H groups in total. The van der Waals surface area contributed by atoms with Crippen LogP contribution in [0.2, 0.25) is 0 Å². The van der Waals surface area contributed by atoms with Gasteiger partial charge in [-0.3, -0.25) is 0 Å². The maximum atomic E-state index is 13.8. The Kier molecular flexibility index (Phi) is 4.50. The second kappa shape index (κ2) is 6.36. The number of aryl methyl sites for hydroxylation is 1. The molecule has 1 aromatic heterocycles. The molecule has 0 amide bonds. The van der Waals surface area contributed by atoms with Crippen LogP contribution >= 0.6 is 11.8 Å². The normalized spacial score (nSPS) is 19.3. The number of fused-ring (bicyclic) bond motifs is 1. The highest BCUT2D eigenvalue weighted by molar-refractivity contribution is 7.99. The van der Waals surface area contributed by atoms with Gasteiger partial charge < -0.3 is 10.3 Å². The van der Waals surface area contributed by atoms with Crippen LogP contribution in [0.25, 0.3) is 10.9 Å². The number of aromatic amines is 1. The molecule has 2 heterocycles. The Balaban J connectivity index is 1.72. The third-order valence-electron chi connectivity index (χ3n) is 4.11. The van der Waals surface area contributed by atoms with E-state index in [0.29, 0.717) is 16.9 Å². The molecule has 0 spiro atoms. The standard InChI is InChI=1S/C16H20F2N2S/c1-10-13(4-5-19-12-3-2-6-21-9-12)14-7-11(17)8-15(18)16(14)20-10/h7-8,12,19-20H,2-6,9H2,1H3. The molecule has 21 heavy (non-hydrogen) atoms. The van der Waals surface area contributed by atoms with Gasteiger partial charge in [0.25, 0.3) is 0 Å². The molecule has 0 bridgehead atoms. The first kappa shape index (κ1) is 14.9. The van der Waals surface area contributed by atoms with E-state index < -0.39 is 11.6 Å². The number of nitrogens with one attached hydrogen (secondary N) is 2. The van der Waals surface area contributed by atoms with Gasteiger partial charge in [0.2, 0.25) is 0 Å². The molecular weight excluding hydrogens is 290 g/mol. The number of halogens is 2. The first-order chi connectivity index (χ1) is 10.1. The van der Waals surface area contributed by atoms with Crippen LogP contribution in [0, 0.1) is 18.6 Å². The molecule has 1 atom stereocenters. The lowest BCUT2D eigenvalue weighted by atomic mass is 10.1. The Hall–Kier alpha value is -1.07. The van der Waals surface area contributed by atoms with Crippen molar-refractivity contribution in [2.75, 3.05) is 18.1 Å². The molecule has 114 valence electrons. The molecule has 2 aromatic rings. The fourth-order valence-electron chi connectivity index (χ4n) is 3.03. The second-order valence-corrected chi connectivity index (χ2v) is 6.81. The summed E-state index contributed by atoms with van der Waals surface area (Å²) in [7, 11) is 0. The van der Waals surface area contributed by atoms with Crippen molar-refractivity contribution in [3.8, 4) is 0 Å². The lowest BCUT2D eigenvalue weighted by Crippen LogP contribution is -2.35. The summed E-state index contributed by atoms with van der Waals surface area (Å²) in [6, 6.07) is 2.93. The molecule has 0 aliphatic carbocycles. The average molecular weight is 310 g/mol. The van der Waals surface area contributed by atoms with Crippen LogP contribution in [0.3, 0.4) is 0 Å². The molecular formula is C16H20F2N2S. The Morgan fingerprint density at radius 2 is 2.24 bits per heavy atom. The molecule has 1 fully saturated rings. The van der Waals surface area contributed by atoms with Gasteiger partial charge in [0.1, 0.15) is 11.6 Å². The third kappa shape index (κ3) is 3.24. The fourth-order valence-corrected chi connectivity index (χ4v) is 4.14. The molecule has 2 nitrogen and oxygen atoms in total. The molecule has 0 radical (unpaired) electrons. The molecule has 0 saturated carbocycles. The fraction of sp³-hybridized carbons (Fsp3) is 0.500. The van der Waals surface area contributed by atoms with Crippen LogP contribution < -0.4 is 5.32 Å². The minimum atomic E-state index is -0.518. The van der Waals surface area contributed by atoms with Crippen molar-refractivity contribution in [2.24, 2.45) is 0 Å². The van der Waals surface area contributed by atoms with Crippen molar-refractivity contribution in [1.29, 1.82) is 0 Å². The van der Waals surface area contributed by atoms with Crippen LogP contribution in [0.1, 0.15) is 24.1 Å². The van der Waals surface area contributed by atoms with Gasteiger partial charge in [0.05, 0.1) is 5.52 Å². The van der Waals surface area contributed by atoms with Crippen molar-refractivity contribution in [1.82, 2.24) is 10.3 Å². The van der Waals surface area contributed by atoms with E-state index in [1.807, 2.05) is 18.7 Å². The highest BCUT2D eigenvalue weighted by Crippen LogP contribution is 2.26. The number of thioether (sulfide) groups is 1. The monoisotopic (exact) mass is 310 g/mol. The minimum absolute atomic E-state index is 0.414. The van der Waals surface area contributed by atoms with Gasteiger partial charge in [-0.05, 0) is 50.1 Å². The Labute approximate surface area is 127 Å². The Bertz CT molecular complexity index is 633. The summed E-state index contributed by atoms with van der Waals surface area (Å²) in [6.07, 6.45) is 3.28. The van der Waals surface area contributed by atoms with Crippen molar-refractivity contribution in [3.05, 3.63) is 35.0 Å². The number of hydrogen-bond acceptors (Lipinski definition) is 2. The summed E-state index contributed by atoms with van der Waals surface area (Å²) in [4.78, 5) is 3.04. The van der Waals surface area contributed by atoms with Gasteiger partial charge in [-0.1, -0.05) is 0 Å². The maximum Gasteiger partial charge on any atom is 0.150 e. The highest BCUT2D eigenvalue weighted by Gasteiger charge is 2.15. The first-order valence-electron chi connectivity index (χ1n) is 7.42. The van der Waals surface area contributed by atoms with E-state index in [2.05, 4.69) is 10.3 Å². The summed E-state index contributed by atoms with van der Waals surface area (Å²) in [5.41, 5.74) is 2.35. The van der Waals surface area contributed by atoms with Crippen molar-refractivity contribution < 1.29 is 8.78 Å². The van der Waals surface area contributed by atoms with E-state index in [0.717, 1.165) is 36.0 Å². The van der Waals surface area contributed by atoms with E-state index in [-0.39, 0.29) is 0 Å². The van der Waals surface area contributed by atoms with Crippen LogP contribution in [-0.2, 0) is 6.42 Å². The summed E-state index contributed by atoms with van der Waals surface area (Å²) in [6.45, 7) is 2.76. The molecule has 1 unspecified atom stereocenters. The molecule has 1 saturated heterocycles. The number of aromatic nitrogens is 1. The number of rotatable bonds is 4. The molecule has 3 rings (SSSR count).